The lowest BCUT2D eigenvalue weighted by Crippen LogP contribution is -2.45. The molecule has 0 aromatic rings. The van der Waals surface area contributed by atoms with Crippen molar-refractivity contribution in [3.8, 4) is 0 Å². The Kier molecular flexibility index (Phi) is 3.96. The lowest BCUT2D eigenvalue weighted by atomic mass is 9.82. The molecule has 1 saturated carbocycles. The van der Waals surface area contributed by atoms with Crippen molar-refractivity contribution in [3.05, 3.63) is 10.1 Å². The molecule has 0 aromatic carbocycles. The molecule has 15 heavy (non-hydrogen) atoms. The third-order valence-electron chi connectivity index (χ3n) is 2.92. The van der Waals surface area contributed by atoms with E-state index < -0.39 is 29.4 Å². The van der Waals surface area contributed by atoms with Crippen LogP contribution in [0.3, 0.4) is 0 Å². The molecule has 0 bridgehead atoms. The van der Waals surface area contributed by atoms with Gasteiger partial charge in [-0.05, 0) is 12.8 Å². The Hall–Kier alpha value is -0.780. The molecule has 1 rings (SSSR count). The van der Waals surface area contributed by atoms with Gasteiger partial charge in [0.1, 0.15) is 0 Å². The zero-order valence-corrected chi connectivity index (χ0v) is 8.36. The number of nitro groups is 1. The van der Waals surface area contributed by atoms with Gasteiger partial charge in [-0.1, -0.05) is 19.3 Å². The molecule has 1 fully saturated rings. The van der Waals surface area contributed by atoms with Gasteiger partial charge in [-0.25, -0.2) is 8.78 Å². The second-order valence-corrected chi connectivity index (χ2v) is 4.04. The molecule has 4 nitrogen and oxygen atoms in total. The van der Waals surface area contributed by atoms with Crippen molar-refractivity contribution in [2.75, 3.05) is 6.54 Å². The molecule has 0 amide bonds. The van der Waals surface area contributed by atoms with Crippen molar-refractivity contribution >= 4 is 0 Å². The fraction of sp³-hybridized carbons (Fsp3) is 1.00. The largest absolute Gasteiger partial charge is 0.381 e. The number of aliphatic hydroxyl groups is 1. The van der Waals surface area contributed by atoms with Crippen LogP contribution >= 0.6 is 0 Å². The third-order valence-corrected chi connectivity index (χ3v) is 2.92. The quantitative estimate of drug-likeness (QED) is 0.584. The summed E-state index contributed by atoms with van der Waals surface area (Å²) in [5.74, 6) is -4.23. The first kappa shape index (κ1) is 12.3. The summed E-state index contributed by atoms with van der Waals surface area (Å²) in [6.45, 7) is -1.08. The van der Waals surface area contributed by atoms with Crippen LogP contribution < -0.4 is 0 Å². The molecule has 1 N–H and O–H groups in total. The lowest BCUT2D eigenvalue weighted by molar-refractivity contribution is -0.498. The zero-order chi connectivity index (χ0) is 11.5. The topological polar surface area (TPSA) is 63.4 Å². The zero-order valence-electron chi connectivity index (χ0n) is 8.36. The monoisotopic (exact) mass is 223 g/mol. The van der Waals surface area contributed by atoms with Gasteiger partial charge in [0.15, 0.2) is 6.10 Å². The fourth-order valence-electron chi connectivity index (χ4n) is 2.02. The van der Waals surface area contributed by atoms with E-state index in [4.69, 9.17) is 5.11 Å². The summed E-state index contributed by atoms with van der Waals surface area (Å²) in [7, 11) is 0. The molecule has 6 heteroatoms. The Morgan fingerprint density at radius 3 is 2.40 bits per heavy atom. The highest BCUT2D eigenvalue weighted by atomic mass is 19.3. The molecule has 0 saturated heterocycles. The minimum absolute atomic E-state index is 0.349. The van der Waals surface area contributed by atoms with Gasteiger partial charge in [0.25, 0.3) is 5.92 Å². The van der Waals surface area contributed by atoms with Crippen LogP contribution in [-0.2, 0) is 0 Å². The van der Waals surface area contributed by atoms with Crippen molar-refractivity contribution in [1.29, 1.82) is 0 Å². The van der Waals surface area contributed by atoms with E-state index in [9.17, 15) is 18.9 Å². The first-order valence-corrected chi connectivity index (χ1v) is 5.12. The Labute approximate surface area is 86.4 Å². The van der Waals surface area contributed by atoms with E-state index >= 15 is 0 Å². The average Bonchev–Trinajstić information content (AvgIpc) is 2.18. The van der Waals surface area contributed by atoms with Crippen molar-refractivity contribution in [2.45, 2.75) is 44.1 Å². The van der Waals surface area contributed by atoms with Crippen LogP contribution in [0.2, 0.25) is 0 Å². The summed E-state index contributed by atoms with van der Waals surface area (Å²) in [6.07, 6.45) is 0.897. The van der Waals surface area contributed by atoms with Crippen LogP contribution in [0.4, 0.5) is 8.78 Å². The summed E-state index contributed by atoms with van der Waals surface area (Å²) in [4.78, 5) is 9.15. The molecule has 1 aliphatic rings. The van der Waals surface area contributed by atoms with E-state index in [1.807, 2.05) is 0 Å². The predicted molar refractivity (Wildman–Crippen MR) is 49.4 cm³/mol. The first-order valence-electron chi connectivity index (χ1n) is 5.12. The minimum Gasteiger partial charge on any atom is -0.381 e. The fourth-order valence-corrected chi connectivity index (χ4v) is 2.02. The van der Waals surface area contributed by atoms with Gasteiger partial charge in [0, 0.05) is 10.8 Å². The Morgan fingerprint density at radius 2 is 1.93 bits per heavy atom. The number of rotatable bonds is 4. The summed E-state index contributed by atoms with van der Waals surface area (Å²) >= 11 is 0. The van der Waals surface area contributed by atoms with E-state index in [-0.39, 0.29) is 0 Å². The second-order valence-electron chi connectivity index (χ2n) is 4.04. The number of hydrogen-bond donors (Lipinski definition) is 1. The van der Waals surface area contributed by atoms with Gasteiger partial charge in [0.2, 0.25) is 6.54 Å². The number of alkyl halides is 2. The van der Waals surface area contributed by atoms with Crippen molar-refractivity contribution < 1.29 is 18.8 Å². The highest BCUT2D eigenvalue weighted by molar-refractivity contribution is 4.85. The van der Waals surface area contributed by atoms with Crippen LogP contribution in [0, 0.1) is 16.0 Å². The van der Waals surface area contributed by atoms with Gasteiger partial charge in [0.05, 0.1) is 0 Å². The molecular weight excluding hydrogens is 208 g/mol. The van der Waals surface area contributed by atoms with E-state index in [1.54, 1.807) is 0 Å². The van der Waals surface area contributed by atoms with Crippen molar-refractivity contribution in [2.24, 2.45) is 5.92 Å². The number of hydrogen-bond acceptors (Lipinski definition) is 3. The minimum atomic E-state index is -3.33. The van der Waals surface area contributed by atoms with Crippen LogP contribution in [0.1, 0.15) is 32.1 Å². The number of halogens is 2. The van der Waals surface area contributed by atoms with Gasteiger partial charge >= 0.3 is 0 Å². The molecule has 1 atom stereocenters. The molecule has 0 aliphatic heterocycles. The van der Waals surface area contributed by atoms with Gasteiger partial charge < -0.3 is 5.11 Å². The molecule has 0 heterocycles. The maximum Gasteiger partial charge on any atom is 0.282 e. The molecule has 0 radical (unpaired) electrons. The predicted octanol–water partition coefficient (Wildman–Crippen LogP) is 1.84. The summed E-state index contributed by atoms with van der Waals surface area (Å²) < 4.78 is 27.0. The molecule has 1 aliphatic carbocycles. The molecular formula is C9H15F2NO3. The van der Waals surface area contributed by atoms with E-state index in [2.05, 4.69) is 0 Å². The summed E-state index contributed by atoms with van der Waals surface area (Å²) in [5, 5.41) is 19.2. The summed E-state index contributed by atoms with van der Waals surface area (Å²) in [5.41, 5.74) is 0. The SMILES string of the molecule is O=[N+]([O-])CC(O)C(F)(F)C1CCCCC1. The van der Waals surface area contributed by atoms with Crippen LogP contribution in [0.25, 0.3) is 0 Å². The van der Waals surface area contributed by atoms with Gasteiger partial charge in [-0.3, -0.25) is 10.1 Å². The standard InChI is InChI=1S/C9H15F2NO3/c10-9(11,8(13)6-12(14)15)7-4-2-1-3-5-7/h7-8,13H,1-6H2. The van der Waals surface area contributed by atoms with Crippen molar-refractivity contribution in [3.63, 3.8) is 0 Å². The van der Waals surface area contributed by atoms with Crippen LogP contribution in [0.5, 0.6) is 0 Å². The van der Waals surface area contributed by atoms with Crippen molar-refractivity contribution in [1.82, 2.24) is 0 Å². The first-order chi connectivity index (χ1) is 6.94. The van der Waals surface area contributed by atoms with E-state index in [0.29, 0.717) is 25.7 Å². The lowest BCUT2D eigenvalue weighted by Gasteiger charge is -2.31. The molecule has 88 valence electrons. The smallest absolute Gasteiger partial charge is 0.282 e. The highest BCUT2D eigenvalue weighted by Crippen LogP contribution is 2.38. The number of nitrogens with zero attached hydrogens (tertiary/aromatic N) is 1. The maximum atomic E-state index is 13.5. The summed E-state index contributed by atoms with van der Waals surface area (Å²) in [6, 6.07) is 0. The van der Waals surface area contributed by atoms with Crippen LogP contribution in [-0.4, -0.2) is 28.6 Å². The molecule has 0 spiro atoms. The Balaban J connectivity index is 2.58. The van der Waals surface area contributed by atoms with E-state index in [1.165, 1.54) is 0 Å². The van der Waals surface area contributed by atoms with Gasteiger partial charge in [-0.2, -0.15) is 0 Å². The van der Waals surface area contributed by atoms with Gasteiger partial charge in [-0.15, -0.1) is 0 Å². The molecule has 1 unspecified atom stereocenters. The normalized spacial score (nSPS) is 21.3. The van der Waals surface area contributed by atoms with Crippen LogP contribution in [0.15, 0.2) is 0 Å². The number of aliphatic hydroxyl groups excluding tert-OH is 1. The highest BCUT2D eigenvalue weighted by Gasteiger charge is 2.48. The average molecular weight is 223 g/mol. The Morgan fingerprint density at radius 1 is 1.40 bits per heavy atom. The third kappa shape index (κ3) is 3.09. The maximum absolute atomic E-state index is 13.5. The molecule has 0 aromatic heterocycles. The van der Waals surface area contributed by atoms with E-state index in [0.717, 1.165) is 6.42 Å². The Bertz CT molecular complexity index is 229. The second kappa shape index (κ2) is 4.83.